The lowest BCUT2D eigenvalue weighted by molar-refractivity contribution is -0.183. The summed E-state index contributed by atoms with van der Waals surface area (Å²) in [7, 11) is 1.65. The number of aromatic nitrogens is 1. The molecule has 9 heteroatoms. The number of halogens is 3. The molecule has 2 N–H and O–H groups in total. The summed E-state index contributed by atoms with van der Waals surface area (Å²) in [6.45, 7) is 2.82. The highest BCUT2D eigenvalue weighted by Crippen LogP contribution is 2.37. The van der Waals surface area contributed by atoms with Crippen LogP contribution in [-0.4, -0.2) is 49.8 Å². The monoisotopic (exact) mass is 403 g/mol. The molecular formula is C18H28F3N5S. The Morgan fingerprint density at radius 3 is 2.78 bits per heavy atom. The molecule has 1 aliphatic heterocycles. The van der Waals surface area contributed by atoms with Gasteiger partial charge in [0.1, 0.15) is 0 Å². The van der Waals surface area contributed by atoms with Gasteiger partial charge in [-0.05, 0) is 32.1 Å². The van der Waals surface area contributed by atoms with Crippen LogP contribution in [0.2, 0.25) is 0 Å². The second-order valence-corrected chi connectivity index (χ2v) is 8.15. The summed E-state index contributed by atoms with van der Waals surface area (Å²) < 4.78 is 38.9. The normalized spacial score (nSPS) is 24.3. The minimum absolute atomic E-state index is 0.121. The Hall–Kier alpha value is -1.51. The molecule has 3 rings (SSSR count). The Morgan fingerprint density at radius 2 is 2.07 bits per heavy atom. The minimum Gasteiger partial charge on any atom is -0.356 e. The first-order chi connectivity index (χ1) is 13.0. The van der Waals surface area contributed by atoms with E-state index >= 15 is 0 Å². The fourth-order valence-electron chi connectivity index (χ4n) is 3.78. The quantitative estimate of drug-likeness (QED) is 0.583. The number of thiazole rings is 1. The lowest BCUT2D eigenvalue weighted by Gasteiger charge is -2.31. The van der Waals surface area contributed by atoms with Gasteiger partial charge in [-0.2, -0.15) is 13.2 Å². The number of alkyl halides is 3. The van der Waals surface area contributed by atoms with E-state index in [1.165, 1.54) is 12.8 Å². The van der Waals surface area contributed by atoms with Crippen LogP contribution in [-0.2, 0) is 6.42 Å². The van der Waals surface area contributed by atoms with E-state index in [-0.39, 0.29) is 18.9 Å². The summed E-state index contributed by atoms with van der Waals surface area (Å²) in [5.41, 5.74) is 1.04. The number of nitrogens with zero attached hydrogens (tertiary/aromatic N) is 3. The zero-order valence-electron chi connectivity index (χ0n) is 15.7. The van der Waals surface area contributed by atoms with Crippen molar-refractivity contribution in [2.24, 2.45) is 10.9 Å². The fraction of sp³-hybridized carbons (Fsp3) is 0.778. The molecule has 2 fully saturated rings. The highest BCUT2D eigenvalue weighted by molar-refractivity contribution is 7.13. The fourth-order valence-corrected chi connectivity index (χ4v) is 4.69. The van der Waals surface area contributed by atoms with Crippen LogP contribution < -0.4 is 15.5 Å². The Balaban J connectivity index is 1.43. The van der Waals surface area contributed by atoms with Crippen molar-refractivity contribution in [3.63, 3.8) is 0 Å². The van der Waals surface area contributed by atoms with Crippen molar-refractivity contribution in [2.45, 2.75) is 57.2 Å². The van der Waals surface area contributed by atoms with Gasteiger partial charge in [0.2, 0.25) is 0 Å². The summed E-state index contributed by atoms with van der Waals surface area (Å²) in [5.74, 6) is -0.640. The zero-order valence-corrected chi connectivity index (χ0v) is 16.5. The van der Waals surface area contributed by atoms with E-state index in [1.54, 1.807) is 18.4 Å². The highest BCUT2D eigenvalue weighted by atomic mass is 32.1. The van der Waals surface area contributed by atoms with E-state index in [9.17, 15) is 13.2 Å². The lowest BCUT2D eigenvalue weighted by atomic mass is 9.85. The first kappa shape index (κ1) is 20.2. The largest absolute Gasteiger partial charge is 0.391 e. The summed E-state index contributed by atoms with van der Waals surface area (Å²) in [5, 5.41) is 9.54. The van der Waals surface area contributed by atoms with Gasteiger partial charge >= 0.3 is 6.18 Å². The van der Waals surface area contributed by atoms with E-state index < -0.39 is 12.1 Å². The Bertz CT molecular complexity index is 625. The number of aliphatic imine (C=N–C) groups is 1. The smallest absolute Gasteiger partial charge is 0.356 e. The van der Waals surface area contributed by atoms with E-state index in [0.717, 1.165) is 36.8 Å². The highest BCUT2D eigenvalue weighted by Gasteiger charge is 2.42. The van der Waals surface area contributed by atoms with Gasteiger partial charge in [0, 0.05) is 44.5 Å². The first-order valence-electron chi connectivity index (χ1n) is 9.69. The number of anilines is 1. The summed E-state index contributed by atoms with van der Waals surface area (Å²) in [4.78, 5) is 11.2. The molecule has 152 valence electrons. The maximum Gasteiger partial charge on any atom is 0.391 e. The molecule has 1 aromatic heterocycles. The molecule has 0 radical (unpaired) electrons. The Kier molecular flexibility index (Phi) is 6.83. The van der Waals surface area contributed by atoms with Crippen molar-refractivity contribution in [1.29, 1.82) is 0 Å². The van der Waals surface area contributed by atoms with E-state index in [2.05, 4.69) is 30.9 Å². The molecule has 2 atom stereocenters. The SMILES string of the molecule is CN=C(NCCc1csc(N2CCCC2)n1)NC1CCCC(C(F)(F)F)C1. The second-order valence-electron chi connectivity index (χ2n) is 7.31. The first-order valence-corrected chi connectivity index (χ1v) is 10.6. The molecule has 1 saturated heterocycles. The molecule has 27 heavy (non-hydrogen) atoms. The molecule has 1 aromatic rings. The number of guanidine groups is 1. The molecule has 0 spiro atoms. The third-order valence-corrected chi connectivity index (χ3v) is 6.24. The molecule has 5 nitrogen and oxygen atoms in total. The van der Waals surface area contributed by atoms with Crippen molar-refractivity contribution in [2.75, 3.05) is 31.6 Å². The van der Waals surface area contributed by atoms with E-state index in [0.29, 0.717) is 18.9 Å². The molecular weight excluding hydrogens is 375 g/mol. The van der Waals surface area contributed by atoms with Crippen LogP contribution in [0.5, 0.6) is 0 Å². The van der Waals surface area contributed by atoms with Crippen LogP contribution >= 0.6 is 11.3 Å². The molecule has 1 aliphatic carbocycles. The van der Waals surface area contributed by atoms with Crippen LogP contribution in [0.25, 0.3) is 0 Å². The predicted molar refractivity (Wildman–Crippen MR) is 104 cm³/mol. The molecule has 0 bridgehead atoms. The minimum atomic E-state index is -4.10. The van der Waals surface area contributed by atoms with Crippen molar-refractivity contribution in [3.05, 3.63) is 11.1 Å². The second kappa shape index (κ2) is 9.12. The van der Waals surface area contributed by atoms with Gasteiger partial charge < -0.3 is 15.5 Å². The molecule has 2 heterocycles. The third-order valence-electron chi connectivity index (χ3n) is 5.29. The van der Waals surface area contributed by atoms with Crippen LogP contribution in [0.4, 0.5) is 18.3 Å². The van der Waals surface area contributed by atoms with E-state index in [1.807, 2.05) is 0 Å². The maximum atomic E-state index is 13.0. The third kappa shape index (κ3) is 5.73. The Labute approximate surface area is 162 Å². The van der Waals surface area contributed by atoms with Crippen LogP contribution in [0.3, 0.4) is 0 Å². The predicted octanol–water partition coefficient (Wildman–Crippen LogP) is 3.57. The topological polar surface area (TPSA) is 52.6 Å². The number of hydrogen-bond acceptors (Lipinski definition) is 4. The van der Waals surface area contributed by atoms with Gasteiger partial charge in [-0.15, -0.1) is 11.3 Å². The number of nitrogens with one attached hydrogen (secondary N) is 2. The van der Waals surface area contributed by atoms with Crippen LogP contribution in [0.1, 0.15) is 44.2 Å². The number of hydrogen-bond donors (Lipinski definition) is 2. The van der Waals surface area contributed by atoms with Gasteiger partial charge in [0.25, 0.3) is 0 Å². The standard InChI is InChI=1S/C18H28F3N5S/c1-22-16(24-14-6-4-5-13(11-14)18(19,20)21)23-8-7-15-12-27-17(25-15)26-9-2-3-10-26/h12-14H,2-11H2,1H3,(H2,22,23,24). The lowest BCUT2D eigenvalue weighted by Crippen LogP contribution is -2.47. The summed E-state index contributed by atoms with van der Waals surface area (Å²) in [6, 6.07) is -0.183. The molecule has 0 amide bonds. The van der Waals surface area contributed by atoms with Crippen molar-refractivity contribution in [3.8, 4) is 0 Å². The van der Waals surface area contributed by atoms with Gasteiger partial charge in [0.15, 0.2) is 11.1 Å². The average molecular weight is 404 g/mol. The molecule has 1 saturated carbocycles. The van der Waals surface area contributed by atoms with Gasteiger partial charge in [0.05, 0.1) is 11.6 Å². The molecule has 2 unspecified atom stereocenters. The van der Waals surface area contributed by atoms with Crippen LogP contribution in [0, 0.1) is 5.92 Å². The van der Waals surface area contributed by atoms with Crippen LogP contribution in [0.15, 0.2) is 10.4 Å². The van der Waals surface area contributed by atoms with E-state index in [4.69, 9.17) is 0 Å². The maximum absolute atomic E-state index is 13.0. The summed E-state index contributed by atoms with van der Waals surface area (Å²) in [6.07, 6.45) is 0.821. The zero-order chi connectivity index (χ0) is 19.3. The Morgan fingerprint density at radius 1 is 1.30 bits per heavy atom. The van der Waals surface area contributed by atoms with Crippen molar-refractivity contribution < 1.29 is 13.2 Å². The van der Waals surface area contributed by atoms with Gasteiger partial charge in [-0.3, -0.25) is 4.99 Å². The molecule has 0 aromatic carbocycles. The summed E-state index contributed by atoms with van der Waals surface area (Å²) >= 11 is 1.68. The molecule has 2 aliphatic rings. The number of rotatable bonds is 5. The van der Waals surface area contributed by atoms with Crippen molar-refractivity contribution in [1.82, 2.24) is 15.6 Å². The van der Waals surface area contributed by atoms with Crippen molar-refractivity contribution >= 4 is 22.4 Å². The van der Waals surface area contributed by atoms with Gasteiger partial charge in [-0.25, -0.2) is 4.98 Å². The average Bonchev–Trinajstić information content (AvgIpc) is 3.32. The van der Waals surface area contributed by atoms with Gasteiger partial charge in [-0.1, -0.05) is 6.42 Å².